The van der Waals surface area contributed by atoms with E-state index in [9.17, 15) is 14.7 Å². The van der Waals surface area contributed by atoms with Crippen molar-refractivity contribution in [1.29, 1.82) is 0 Å². The first-order chi connectivity index (χ1) is 12.0. The number of carbonyl (C=O) groups excluding carboxylic acids is 2. The summed E-state index contributed by atoms with van der Waals surface area (Å²) in [6.07, 6.45) is 0.713. The number of esters is 1. The summed E-state index contributed by atoms with van der Waals surface area (Å²) in [6, 6.07) is 16.7. The molecule has 2 aromatic rings. The average Bonchev–Trinajstić information content (AvgIpc) is 2.66. The van der Waals surface area contributed by atoms with Crippen LogP contribution in [0.1, 0.15) is 41.7 Å². The molecule has 0 fully saturated rings. The first-order valence-electron chi connectivity index (χ1n) is 8.24. The lowest BCUT2D eigenvalue weighted by Gasteiger charge is -2.34. The molecule has 5 heteroatoms. The summed E-state index contributed by atoms with van der Waals surface area (Å²) < 4.78 is 4.82. The molecule has 132 valence electrons. The van der Waals surface area contributed by atoms with E-state index < -0.39 is 17.6 Å². The number of ether oxygens (including phenoxy) is 1. The summed E-state index contributed by atoms with van der Waals surface area (Å²) in [5.41, 5.74) is -0.768. The van der Waals surface area contributed by atoms with Crippen molar-refractivity contribution in [3.05, 3.63) is 71.8 Å². The maximum atomic E-state index is 12.6. The highest BCUT2D eigenvalue weighted by Crippen LogP contribution is 2.32. The van der Waals surface area contributed by atoms with Crippen LogP contribution in [0, 0.1) is 0 Å². The van der Waals surface area contributed by atoms with Gasteiger partial charge in [-0.1, -0.05) is 61.9 Å². The van der Waals surface area contributed by atoms with Gasteiger partial charge < -0.3 is 15.2 Å². The summed E-state index contributed by atoms with van der Waals surface area (Å²) in [4.78, 5) is 24.9. The van der Waals surface area contributed by atoms with Gasteiger partial charge in [-0.25, -0.2) is 4.79 Å². The van der Waals surface area contributed by atoms with Crippen molar-refractivity contribution in [3.63, 3.8) is 0 Å². The predicted molar refractivity (Wildman–Crippen MR) is 95.0 cm³/mol. The molecule has 0 bridgehead atoms. The largest absolute Gasteiger partial charge is 0.467 e. The number of rotatable bonds is 7. The van der Waals surface area contributed by atoms with Gasteiger partial charge in [-0.3, -0.25) is 4.79 Å². The van der Waals surface area contributed by atoms with Crippen LogP contribution in [-0.4, -0.2) is 29.7 Å². The van der Waals surface area contributed by atoms with E-state index in [2.05, 4.69) is 5.32 Å². The first kappa shape index (κ1) is 18.7. The second kappa shape index (κ2) is 8.44. The third kappa shape index (κ3) is 4.25. The molecule has 25 heavy (non-hydrogen) atoms. The fraction of sp³-hybridized carbons (Fsp3) is 0.300. The molecule has 0 heterocycles. The fourth-order valence-electron chi connectivity index (χ4n) is 2.85. The van der Waals surface area contributed by atoms with E-state index in [1.54, 1.807) is 48.5 Å². The van der Waals surface area contributed by atoms with Crippen molar-refractivity contribution in [2.24, 2.45) is 0 Å². The van der Waals surface area contributed by atoms with Crippen LogP contribution in [0.3, 0.4) is 0 Å². The number of amides is 1. The molecule has 2 aromatic carbocycles. The summed E-state index contributed by atoms with van der Waals surface area (Å²) in [5, 5.41) is 13.9. The molecule has 0 aromatic heterocycles. The van der Waals surface area contributed by atoms with Crippen molar-refractivity contribution >= 4 is 11.9 Å². The quantitative estimate of drug-likeness (QED) is 0.759. The minimum Gasteiger partial charge on any atom is -0.467 e. The van der Waals surface area contributed by atoms with Crippen LogP contribution in [0.2, 0.25) is 0 Å². The molecule has 1 amide bonds. The van der Waals surface area contributed by atoms with Crippen LogP contribution in [0.4, 0.5) is 0 Å². The SMILES string of the molecule is CCC[C@@](O)(C(=O)OC)[C@@H](NC(=O)c1ccccc1)c1ccccc1. The van der Waals surface area contributed by atoms with E-state index in [0.29, 0.717) is 17.5 Å². The van der Waals surface area contributed by atoms with E-state index in [1.165, 1.54) is 7.11 Å². The summed E-state index contributed by atoms with van der Waals surface area (Å²) in [6.45, 7) is 1.86. The Kier molecular flexibility index (Phi) is 6.31. The van der Waals surface area contributed by atoms with Gasteiger partial charge in [0, 0.05) is 5.56 Å². The van der Waals surface area contributed by atoms with E-state index in [1.807, 2.05) is 19.1 Å². The molecule has 0 aliphatic heterocycles. The summed E-state index contributed by atoms with van der Waals surface area (Å²) in [5.74, 6) is -1.13. The van der Waals surface area contributed by atoms with Gasteiger partial charge in [-0.2, -0.15) is 0 Å². The zero-order valence-electron chi connectivity index (χ0n) is 14.4. The highest BCUT2D eigenvalue weighted by atomic mass is 16.5. The number of hydrogen-bond acceptors (Lipinski definition) is 4. The molecular weight excluding hydrogens is 318 g/mol. The van der Waals surface area contributed by atoms with E-state index in [0.717, 1.165) is 0 Å². The smallest absolute Gasteiger partial charge is 0.340 e. The van der Waals surface area contributed by atoms with Gasteiger partial charge >= 0.3 is 5.97 Å². The molecule has 0 aliphatic carbocycles. The van der Waals surface area contributed by atoms with E-state index in [-0.39, 0.29) is 12.3 Å². The Labute approximate surface area is 147 Å². The highest BCUT2D eigenvalue weighted by molar-refractivity contribution is 5.95. The van der Waals surface area contributed by atoms with Crippen LogP contribution < -0.4 is 5.32 Å². The molecule has 0 saturated heterocycles. The molecular formula is C20H23NO4. The summed E-state index contributed by atoms with van der Waals surface area (Å²) >= 11 is 0. The molecule has 5 nitrogen and oxygen atoms in total. The Balaban J connectivity index is 2.42. The van der Waals surface area contributed by atoms with Gasteiger partial charge in [0.2, 0.25) is 0 Å². The average molecular weight is 341 g/mol. The molecule has 2 atom stereocenters. The van der Waals surface area contributed by atoms with Crippen molar-refractivity contribution in [3.8, 4) is 0 Å². The van der Waals surface area contributed by atoms with Gasteiger partial charge in [0.1, 0.15) is 0 Å². The number of carbonyl (C=O) groups is 2. The number of benzene rings is 2. The van der Waals surface area contributed by atoms with Crippen LogP contribution in [0.15, 0.2) is 60.7 Å². The first-order valence-corrected chi connectivity index (χ1v) is 8.24. The maximum absolute atomic E-state index is 12.6. The monoisotopic (exact) mass is 341 g/mol. The molecule has 0 spiro atoms. The second-order valence-electron chi connectivity index (χ2n) is 5.85. The number of methoxy groups -OCH3 is 1. The lowest BCUT2D eigenvalue weighted by molar-refractivity contribution is -0.166. The summed E-state index contributed by atoms with van der Waals surface area (Å²) in [7, 11) is 1.23. The van der Waals surface area contributed by atoms with E-state index in [4.69, 9.17) is 4.74 Å². The number of aliphatic hydroxyl groups is 1. The van der Waals surface area contributed by atoms with Gasteiger partial charge in [-0.05, 0) is 24.1 Å². The standard InChI is InChI=1S/C20H23NO4/c1-3-14-20(24,19(23)25-2)17(15-10-6-4-7-11-15)21-18(22)16-12-8-5-9-13-16/h4-13,17,24H,3,14H2,1-2H3,(H,21,22)/t17-,20-/m0/s1. The number of nitrogens with one attached hydrogen (secondary N) is 1. The Bertz CT molecular complexity index is 702. The Morgan fingerprint density at radius 2 is 1.64 bits per heavy atom. The van der Waals surface area contributed by atoms with Crippen LogP contribution in [0.5, 0.6) is 0 Å². The predicted octanol–water partition coefficient (Wildman–Crippen LogP) is 2.86. The van der Waals surface area contributed by atoms with Crippen molar-refractivity contribution in [2.75, 3.05) is 7.11 Å². The lowest BCUT2D eigenvalue weighted by atomic mass is 9.84. The zero-order chi connectivity index (χ0) is 18.3. The molecule has 0 unspecified atom stereocenters. The number of hydrogen-bond donors (Lipinski definition) is 2. The lowest BCUT2D eigenvalue weighted by Crippen LogP contribution is -2.52. The Morgan fingerprint density at radius 1 is 1.08 bits per heavy atom. The third-order valence-electron chi connectivity index (χ3n) is 4.09. The normalized spacial score (nSPS) is 14.2. The molecule has 2 N–H and O–H groups in total. The minimum absolute atomic E-state index is 0.161. The topological polar surface area (TPSA) is 75.6 Å². The molecule has 0 saturated carbocycles. The van der Waals surface area contributed by atoms with E-state index >= 15 is 0 Å². The third-order valence-corrected chi connectivity index (χ3v) is 4.09. The highest BCUT2D eigenvalue weighted by Gasteiger charge is 2.46. The van der Waals surface area contributed by atoms with Crippen molar-refractivity contribution in [1.82, 2.24) is 5.32 Å². The van der Waals surface area contributed by atoms with Gasteiger partial charge in [0.15, 0.2) is 5.60 Å². The van der Waals surface area contributed by atoms with Gasteiger partial charge in [0.05, 0.1) is 13.2 Å². The second-order valence-corrected chi connectivity index (χ2v) is 5.85. The minimum atomic E-state index is -1.85. The Morgan fingerprint density at radius 3 is 2.16 bits per heavy atom. The molecule has 0 radical (unpaired) electrons. The van der Waals surface area contributed by atoms with Gasteiger partial charge in [-0.15, -0.1) is 0 Å². The van der Waals surface area contributed by atoms with Gasteiger partial charge in [0.25, 0.3) is 5.91 Å². The maximum Gasteiger partial charge on any atom is 0.340 e. The van der Waals surface area contributed by atoms with Crippen molar-refractivity contribution in [2.45, 2.75) is 31.4 Å². The molecule has 2 rings (SSSR count). The fourth-order valence-corrected chi connectivity index (χ4v) is 2.85. The van der Waals surface area contributed by atoms with Crippen LogP contribution in [0.25, 0.3) is 0 Å². The van der Waals surface area contributed by atoms with Crippen molar-refractivity contribution < 1.29 is 19.4 Å². The van der Waals surface area contributed by atoms with Crippen LogP contribution >= 0.6 is 0 Å². The van der Waals surface area contributed by atoms with Crippen LogP contribution in [-0.2, 0) is 9.53 Å². The Hall–Kier alpha value is -2.66. The molecule has 0 aliphatic rings. The zero-order valence-corrected chi connectivity index (χ0v) is 14.4.